The van der Waals surface area contributed by atoms with Crippen LogP contribution in [0.4, 0.5) is 15.8 Å². The second kappa shape index (κ2) is 11.8. The Kier molecular flexibility index (Phi) is 8.26. The van der Waals surface area contributed by atoms with Crippen LogP contribution in [0.2, 0.25) is 5.02 Å². The summed E-state index contributed by atoms with van der Waals surface area (Å²) in [5.41, 5.74) is 4.25. The van der Waals surface area contributed by atoms with Crippen molar-refractivity contribution in [2.75, 3.05) is 36.4 Å². The number of oxime groups is 1. The second-order valence-electron chi connectivity index (χ2n) is 9.17. The number of halogens is 4. The third kappa shape index (κ3) is 6.13. The first kappa shape index (κ1) is 27.2. The SMILES string of the molecule is O=C(Nc1cccc(C2CC(c3c(Cl)cccc3N3CCN(C(=O)c4ccc(F)cc4)CC3)=NO2)c1)C(Cl)Cl. The molecule has 1 fully saturated rings. The van der Waals surface area contributed by atoms with Crippen LogP contribution in [0.1, 0.15) is 34.0 Å². The Hall–Kier alpha value is -3.33. The van der Waals surface area contributed by atoms with Gasteiger partial charge in [0, 0.05) is 55.1 Å². The summed E-state index contributed by atoms with van der Waals surface area (Å²) in [6, 6.07) is 18.5. The highest BCUT2D eigenvalue weighted by atomic mass is 35.5. The van der Waals surface area contributed by atoms with E-state index in [1.807, 2.05) is 24.3 Å². The molecule has 0 aromatic heterocycles. The van der Waals surface area contributed by atoms with Crippen molar-refractivity contribution < 1.29 is 18.8 Å². The molecule has 0 bridgehead atoms. The molecular weight excluding hydrogens is 566 g/mol. The third-order valence-corrected chi connectivity index (χ3v) is 7.38. The molecule has 0 aliphatic carbocycles. The molecule has 1 saturated heterocycles. The lowest BCUT2D eigenvalue weighted by atomic mass is 9.98. The van der Waals surface area contributed by atoms with Gasteiger partial charge in [0.15, 0.2) is 10.9 Å². The Morgan fingerprint density at radius 3 is 2.44 bits per heavy atom. The highest BCUT2D eigenvalue weighted by Gasteiger charge is 2.30. The van der Waals surface area contributed by atoms with Crippen LogP contribution in [0.5, 0.6) is 0 Å². The van der Waals surface area contributed by atoms with E-state index < -0.39 is 10.7 Å². The fourth-order valence-electron chi connectivity index (χ4n) is 4.70. The Bertz CT molecular complexity index is 1410. The van der Waals surface area contributed by atoms with Crippen LogP contribution < -0.4 is 10.2 Å². The summed E-state index contributed by atoms with van der Waals surface area (Å²) in [5.74, 6) is -1.01. The largest absolute Gasteiger partial charge is 0.387 e. The molecule has 0 radical (unpaired) electrons. The van der Waals surface area contributed by atoms with Gasteiger partial charge in [0.1, 0.15) is 5.82 Å². The molecule has 2 aliphatic heterocycles. The molecule has 7 nitrogen and oxygen atoms in total. The van der Waals surface area contributed by atoms with Gasteiger partial charge in [-0.3, -0.25) is 9.59 Å². The van der Waals surface area contributed by atoms with Crippen LogP contribution in [0.15, 0.2) is 71.9 Å². The van der Waals surface area contributed by atoms with Gasteiger partial charge in [0.05, 0.1) is 10.7 Å². The fourth-order valence-corrected chi connectivity index (χ4v) is 5.09. The number of amides is 2. The normalized spacial score (nSPS) is 17.2. The summed E-state index contributed by atoms with van der Waals surface area (Å²) in [7, 11) is 0. The van der Waals surface area contributed by atoms with E-state index in [1.165, 1.54) is 24.3 Å². The number of nitrogens with one attached hydrogen (secondary N) is 1. The minimum absolute atomic E-state index is 0.122. The molecule has 1 N–H and O–H groups in total. The van der Waals surface area contributed by atoms with Crippen LogP contribution in [-0.4, -0.2) is 53.4 Å². The summed E-state index contributed by atoms with van der Waals surface area (Å²) in [6.07, 6.45) is 0.110. The Morgan fingerprint density at radius 2 is 1.72 bits per heavy atom. The van der Waals surface area contributed by atoms with Crippen molar-refractivity contribution in [1.29, 1.82) is 0 Å². The van der Waals surface area contributed by atoms with Crippen LogP contribution in [0.25, 0.3) is 0 Å². The number of hydrogen-bond donors (Lipinski definition) is 1. The lowest BCUT2D eigenvalue weighted by Gasteiger charge is -2.37. The van der Waals surface area contributed by atoms with Gasteiger partial charge < -0.3 is 20.0 Å². The van der Waals surface area contributed by atoms with E-state index in [2.05, 4.69) is 15.4 Å². The number of nitrogens with zero attached hydrogens (tertiary/aromatic N) is 3. The quantitative estimate of drug-likeness (QED) is 0.355. The second-order valence-corrected chi connectivity index (χ2v) is 10.7. The summed E-state index contributed by atoms with van der Waals surface area (Å²) >= 11 is 18.0. The van der Waals surface area contributed by atoms with Crippen LogP contribution >= 0.6 is 34.8 Å². The molecule has 11 heteroatoms. The lowest BCUT2D eigenvalue weighted by molar-refractivity contribution is -0.114. The molecule has 3 aromatic rings. The number of benzene rings is 3. The average molecular weight is 590 g/mol. The first-order chi connectivity index (χ1) is 18.8. The molecule has 3 aromatic carbocycles. The standard InChI is InChI=1S/C28H24Cl3FN4O3/c29-21-5-2-6-23(35-11-13-36(14-12-35)28(38)17-7-9-19(32)10-8-17)25(21)22-16-24(39-34-22)18-3-1-4-20(15-18)33-27(37)26(30)31/h1-10,15,24,26H,11-14,16H2,(H,33,37). The van der Waals surface area contributed by atoms with Gasteiger partial charge in [0.2, 0.25) is 0 Å². The molecule has 0 saturated carbocycles. The minimum Gasteiger partial charge on any atom is -0.387 e. The van der Waals surface area contributed by atoms with Crippen molar-refractivity contribution in [3.05, 3.63) is 94.3 Å². The van der Waals surface area contributed by atoms with Gasteiger partial charge in [-0.1, -0.05) is 58.2 Å². The molecule has 1 atom stereocenters. The maximum atomic E-state index is 13.3. The van der Waals surface area contributed by atoms with Crippen molar-refractivity contribution in [2.24, 2.45) is 5.16 Å². The van der Waals surface area contributed by atoms with Crippen molar-refractivity contribution >= 4 is 63.7 Å². The zero-order chi connectivity index (χ0) is 27.5. The number of hydrogen-bond acceptors (Lipinski definition) is 5. The van der Waals surface area contributed by atoms with Crippen molar-refractivity contribution in [1.82, 2.24) is 4.90 Å². The molecule has 2 amide bonds. The van der Waals surface area contributed by atoms with Gasteiger partial charge in [-0.05, 0) is 54.1 Å². The Morgan fingerprint density at radius 1 is 1.00 bits per heavy atom. The van der Waals surface area contributed by atoms with E-state index >= 15 is 0 Å². The summed E-state index contributed by atoms with van der Waals surface area (Å²) in [6.45, 7) is 2.22. The molecule has 0 spiro atoms. The summed E-state index contributed by atoms with van der Waals surface area (Å²) < 4.78 is 13.3. The highest BCUT2D eigenvalue weighted by Crippen LogP contribution is 2.37. The lowest BCUT2D eigenvalue weighted by Crippen LogP contribution is -2.49. The molecule has 2 aliphatic rings. The Labute approximate surface area is 240 Å². The number of rotatable bonds is 6. The molecule has 1 unspecified atom stereocenters. The first-order valence-electron chi connectivity index (χ1n) is 12.3. The van der Waals surface area contributed by atoms with Gasteiger partial charge in [-0.2, -0.15) is 0 Å². The average Bonchev–Trinajstić information content (AvgIpc) is 3.43. The zero-order valence-corrected chi connectivity index (χ0v) is 22.9. The Balaban J connectivity index is 1.28. The number of carbonyl (C=O) groups is 2. The van der Waals surface area contributed by atoms with Gasteiger partial charge >= 0.3 is 0 Å². The van der Waals surface area contributed by atoms with Gasteiger partial charge in [0.25, 0.3) is 11.8 Å². The van der Waals surface area contributed by atoms with Crippen molar-refractivity contribution in [3.8, 4) is 0 Å². The van der Waals surface area contributed by atoms with E-state index in [9.17, 15) is 14.0 Å². The molecule has 39 heavy (non-hydrogen) atoms. The smallest absolute Gasteiger partial charge is 0.257 e. The van der Waals surface area contributed by atoms with Crippen LogP contribution in [0, 0.1) is 5.82 Å². The van der Waals surface area contributed by atoms with Gasteiger partial charge in [-0.15, -0.1) is 0 Å². The van der Waals surface area contributed by atoms with E-state index in [4.69, 9.17) is 39.6 Å². The number of alkyl halides is 2. The highest BCUT2D eigenvalue weighted by molar-refractivity contribution is 6.54. The van der Waals surface area contributed by atoms with E-state index in [0.717, 1.165) is 16.8 Å². The predicted molar refractivity (Wildman–Crippen MR) is 152 cm³/mol. The maximum Gasteiger partial charge on any atom is 0.257 e. The van der Waals surface area contributed by atoms with Crippen molar-refractivity contribution in [2.45, 2.75) is 17.4 Å². The number of piperazine rings is 1. The third-order valence-electron chi connectivity index (χ3n) is 6.67. The zero-order valence-electron chi connectivity index (χ0n) is 20.6. The fraction of sp³-hybridized carbons (Fsp3) is 0.250. The molecule has 2 heterocycles. The summed E-state index contributed by atoms with van der Waals surface area (Å²) in [5, 5.41) is 7.59. The van der Waals surface area contributed by atoms with Crippen LogP contribution in [-0.2, 0) is 9.63 Å². The topological polar surface area (TPSA) is 74.2 Å². The van der Waals surface area contributed by atoms with E-state index in [1.54, 1.807) is 23.1 Å². The van der Waals surface area contributed by atoms with Crippen molar-refractivity contribution in [3.63, 3.8) is 0 Å². The monoisotopic (exact) mass is 588 g/mol. The van der Waals surface area contributed by atoms with Crippen LogP contribution in [0.3, 0.4) is 0 Å². The molecule has 202 valence electrons. The number of carbonyl (C=O) groups excluding carboxylic acids is 2. The molecule has 5 rings (SSSR count). The number of anilines is 2. The first-order valence-corrected chi connectivity index (χ1v) is 13.6. The summed E-state index contributed by atoms with van der Waals surface area (Å²) in [4.78, 5) is 33.3. The van der Waals surface area contributed by atoms with E-state index in [-0.39, 0.29) is 17.8 Å². The molecular formula is C28H24Cl3FN4O3. The van der Waals surface area contributed by atoms with E-state index in [0.29, 0.717) is 54.6 Å². The predicted octanol–water partition coefficient (Wildman–Crippen LogP) is 6.05. The maximum absolute atomic E-state index is 13.3. The van der Waals surface area contributed by atoms with Gasteiger partial charge in [-0.25, -0.2) is 4.39 Å². The minimum atomic E-state index is -1.17.